The summed E-state index contributed by atoms with van der Waals surface area (Å²) in [4.78, 5) is 11.4. The van der Waals surface area contributed by atoms with Crippen LogP contribution in [0.3, 0.4) is 0 Å². The van der Waals surface area contributed by atoms with Crippen LogP contribution >= 0.6 is 0 Å². The number of hydrogen-bond acceptors (Lipinski definition) is 3. The van der Waals surface area contributed by atoms with Gasteiger partial charge in [0.25, 0.3) is 0 Å². The number of hydrogen-bond donors (Lipinski definition) is 2. The lowest BCUT2D eigenvalue weighted by Crippen LogP contribution is -2.54. The maximum absolute atomic E-state index is 11.4. The van der Waals surface area contributed by atoms with Crippen molar-refractivity contribution < 1.29 is 9.90 Å². The van der Waals surface area contributed by atoms with Crippen LogP contribution in [0.5, 0.6) is 0 Å². The summed E-state index contributed by atoms with van der Waals surface area (Å²) < 4.78 is 0. The molecule has 0 bridgehead atoms. The van der Waals surface area contributed by atoms with Gasteiger partial charge in [0.2, 0.25) is 0 Å². The first-order valence-corrected chi connectivity index (χ1v) is 6.60. The lowest BCUT2D eigenvalue weighted by molar-refractivity contribution is -0.151. The summed E-state index contributed by atoms with van der Waals surface area (Å²) in [5.41, 5.74) is 1.29. The highest BCUT2D eigenvalue weighted by molar-refractivity contribution is 5.75. The topological polar surface area (TPSA) is 73.1 Å². The second kappa shape index (κ2) is 5.64. The number of nitrogens with zero attached hydrogens (tertiary/aromatic N) is 1. The van der Waals surface area contributed by atoms with Crippen molar-refractivity contribution >= 4 is 5.97 Å². The Bertz CT molecular complexity index is 554. The van der Waals surface area contributed by atoms with Crippen molar-refractivity contribution in [2.75, 3.05) is 0 Å². The summed E-state index contributed by atoms with van der Waals surface area (Å²) in [6.45, 7) is 9.73. The largest absolute Gasteiger partial charge is 0.481 e. The first-order chi connectivity index (χ1) is 9.11. The normalized spacial score (nSPS) is 12.0. The van der Waals surface area contributed by atoms with Crippen LogP contribution in [0.4, 0.5) is 0 Å². The van der Waals surface area contributed by atoms with Crippen LogP contribution in [0.25, 0.3) is 0 Å². The van der Waals surface area contributed by atoms with E-state index in [1.807, 2.05) is 32.9 Å². The quantitative estimate of drug-likeness (QED) is 0.866. The first kappa shape index (κ1) is 16.2. The zero-order valence-electron chi connectivity index (χ0n) is 12.7. The zero-order chi connectivity index (χ0) is 15.6. The van der Waals surface area contributed by atoms with E-state index in [0.717, 1.165) is 11.1 Å². The Morgan fingerprint density at radius 2 is 1.95 bits per heavy atom. The van der Waals surface area contributed by atoms with Crippen LogP contribution in [-0.4, -0.2) is 16.6 Å². The third kappa shape index (κ3) is 3.17. The van der Waals surface area contributed by atoms with E-state index >= 15 is 0 Å². The molecule has 108 valence electrons. The molecular weight excluding hydrogens is 252 g/mol. The molecule has 0 aliphatic rings. The van der Waals surface area contributed by atoms with E-state index in [9.17, 15) is 9.90 Å². The summed E-state index contributed by atoms with van der Waals surface area (Å²) in [6.07, 6.45) is 0. The molecule has 1 aromatic carbocycles. The number of carboxylic acid groups (broad SMARTS) is 1. The Labute approximate surface area is 120 Å². The van der Waals surface area contributed by atoms with Crippen LogP contribution in [0.15, 0.2) is 18.2 Å². The fraction of sp³-hybridized carbons (Fsp3) is 0.500. The molecule has 4 nitrogen and oxygen atoms in total. The van der Waals surface area contributed by atoms with Gasteiger partial charge in [-0.15, -0.1) is 0 Å². The monoisotopic (exact) mass is 274 g/mol. The van der Waals surface area contributed by atoms with Gasteiger partial charge in [0, 0.05) is 12.1 Å². The molecule has 0 saturated carbocycles. The molecule has 0 radical (unpaired) electrons. The lowest BCUT2D eigenvalue weighted by atomic mass is 9.74. The van der Waals surface area contributed by atoms with Gasteiger partial charge in [0.15, 0.2) is 0 Å². The van der Waals surface area contributed by atoms with Gasteiger partial charge in [0.05, 0.1) is 17.0 Å². The van der Waals surface area contributed by atoms with E-state index in [4.69, 9.17) is 5.26 Å². The second-order valence-electron chi connectivity index (χ2n) is 6.16. The van der Waals surface area contributed by atoms with E-state index in [2.05, 4.69) is 11.4 Å². The zero-order valence-corrected chi connectivity index (χ0v) is 12.7. The van der Waals surface area contributed by atoms with Crippen molar-refractivity contribution in [3.63, 3.8) is 0 Å². The molecular formula is C16H22N2O2. The van der Waals surface area contributed by atoms with Gasteiger partial charge in [0.1, 0.15) is 0 Å². The molecule has 1 aromatic rings. The molecule has 0 atom stereocenters. The van der Waals surface area contributed by atoms with Crippen LogP contribution < -0.4 is 5.32 Å². The minimum absolute atomic E-state index is 0.556. The predicted octanol–water partition coefficient (Wildman–Crippen LogP) is 2.85. The SMILES string of the molecule is Cc1cc(C#N)ccc1CNC(C)(C)C(C)(C)C(=O)O. The van der Waals surface area contributed by atoms with E-state index < -0.39 is 16.9 Å². The van der Waals surface area contributed by atoms with E-state index in [-0.39, 0.29) is 0 Å². The summed E-state index contributed by atoms with van der Waals surface area (Å²) in [6, 6.07) is 7.63. The summed E-state index contributed by atoms with van der Waals surface area (Å²) in [5.74, 6) is -0.827. The third-order valence-electron chi connectivity index (χ3n) is 4.29. The minimum Gasteiger partial charge on any atom is -0.481 e. The van der Waals surface area contributed by atoms with Crippen LogP contribution in [0.2, 0.25) is 0 Å². The number of aliphatic carboxylic acids is 1. The molecule has 1 rings (SSSR count). The highest BCUT2D eigenvalue weighted by Gasteiger charge is 2.42. The van der Waals surface area contributed by atoms with Gasteiger partial charge >= 0.3 is 5.97 Å². The number of benzene rings is 1. The number of rotatable bonds is 5. The molecule has 0 aliphatic carbocycles. The molecule has 0 unspecified atom stereocenters. The summed E-state index contributed by atoms with van der Waals surface area (Å²) in [5, 5.41) is 21.5. The van der Waals surface area contributed by atoms with Crippen LogP contribution in [0.1, 0.15) is 44.4 Å². The van der Waals surface area contributed by atoms with Crippen molar-refractivity contribution in [2.45, 2.75) is 46.7 Å². The smallest absolute Gasteiger partial charge is 0.310 e. The molecule has 0 aromatic heterocycles. The second-order valence-corrected chi connectivity index (χ2v) is 6.16. The molecule has 20 heavy (non-hydrogen) atoms. The number of nitriles is 1. The maximum atomic E-state index is 11.4. The Morgan fingerprint density at radius 1 is 1.35 bits per heavy atom. The molecule has 0 spiro atoms. The predicted molar refractivity (Wildman–Crippen MR) is 78.2 cm³/mol. The lowest BCUT2D eigenvalue weighted by Gasteiger charge is -2.39. The molecule has 0 saturated heterocycles. The highest BCUT2D eigenvalue weighted by atomic mass is 16.4. The molecule has 4 heteroatoms. The van der Waals surface area contributed by atoms with E-state index in [1.54, 1.807) is 19.9 Å². The van der Waals surface area contributed by atoms with Crippen molar-refractivity contribution in [1.82, 2.24) is 5.32 Å². The van der Waals surface area contributed by atoms with Gasteiger partial charge in [-0.3, -0.25) is 4.79 Å². The molecule has 0 fully saturated rings. The average Bonchev–Trinajstić information content (AvgIpc) is 2.36. The number of nitrogens with one attached hydrogen (secondary N) is 1. The Morgan fingerprint density at radius 3 is 2.40 bits per heavy atom. The number of carbonyl (C=O) groups is 1. The fourth-order valence-electron chi connectivity index (χ4n) is 1.77. The maximum Gasteiger partial charge on any atom is 0.310 e. The van der Waals surface area contributed by atoms with Gasteiger partial charge in [-0.1, -0.05) is 6.07 Å². The molecule has 0 amide bonds. The average molecular weight is 274 g/mol. The summed E-state index contributed by atoms with van der Waals surface area (Å²) in [7, 11) is 0. The first-order valence-electron chi connectivity index (χ1n) is 6.60. The Balaban J connectivity index is 2.87. The van der Waals surface area contributed by atoms with E-state index in [1.165, 1.54) is 0 Å². The Hall–Kier alpha value is -1.86. The van der Waals surface area contributed by atoms with Crippen molar-refractivity contribution in [1.29, 1.82) is 5.26 Å². The minimum atomic E-state index is -0.881. The van der Waals surface area contributed by atoms with Gasteiger partial charge in [-0.05, 0) is 57.9 Å². The van der Waals surface area contributed by atoms with Gasteiger partial charge < -0.3 is 10.4 Å². The van der Waals surface area contributed by atoms with Gasteiger partial charge in [-0.25, -0.2) is 0 Å². The fourth-order valence-corrected chi connectivity index (χ4v) is 1.77. The van der Waals surface area contributed by atoms with Crippen LogP contribution in [0, 0.1) is 23.7 Å². The molecule has 2 N–H and O–H groups in total. The number of aryl methyl sites for hydroxylation is 1. The third-order valence-corrected chi connectivity index (χ3v) is 4.29. The van der Waals surface area contributed by atoms with Crippen LogP contribution in [-0.2, 0) is 11.3 Å². The van der Waals surface area contributed by atoms with Crippen molar-refractivity contribution in [3.05, 3.63) is 34.9 Å². The van der Waals surface area contributed by atoms with Gasteiger partial charge in [-0.2, -0.15) is 5.26 Å². The Kier molecular flexibility index (Phi) is 4.57. The van der Waals surface area contributed by atoms with E-state index in [0.29, 0.717) is 12.1 Å². The van der Waals surface area contributed by atoms with Crippen molar-refractivity contribution in [3.8, 4) is 6.07 Å². The molecule has 0 heterocycles. The number of carboxylic acids is 1. The summed E-state index contributed by atoms with van der Waals surface area (Å²) >= 11 is 0. The van der Waals surface area contributed by atoms with Crippen molar-refractivity contribution in [2.24, 2.45) is 5.41 Å². The molecule has 0 aliphatic heterocycles. The highest BCUT2D eigenvalue weighted by Crippen LogP contribution is 2.31. The standard InChI is InChI=1S/C16H22N2O2/c1-11-8-12(9-17)6-7-13(11)10-18-16(4,5)15(2,3)14(19)20/h6-8,18H,10H2,1-5H3,(H,19,20).